The van der Waals surface area contributed by atoms with Gasteiger partial charge in [0.2, 0.25) is 0 Å². The lowest BCUT2D eigenvalue weighted by Crippen LogP contribution is -1.98. The van der Waals surface area contributed by atoms with E-state index >= 15 is 0 Å². The first kappa shape index (κ1) is 28.5. The van der Waals surface area contributed by atoms with Gasteiger partial charge < -0.3 is 9.97 Å². The molecule has 0 saturated carbocycles. The molecule has 5 heterocycles. The number of fused-ring (bicyclic) bond motifs is 12. The van der Waals surface area contributed by atoms with Gasteiger partial charge in [-0.25, -0.2) is 4.98 Å². The number of hydrogen-bond acceptors (Lipinski definition) is 2. The molecule has 0 aliphatic rings. The molecule has 0 aliphatic carbocycles. The molecule has 5 heteroatoms. The molecular formula is C48H29N5. The first-order valence-electron chi connectivity index (χ1n) is 18.0. The minimum absolute atomic E-state index is 0.865. The summed E-state index contributed by atoms with van der Waals surface area (Å²) in [6.07, 6.45) is 1.85. The fourth-order valence-electron chi connectivity index (χ4n) is 8.51. The molecule has 0 saturated heterocycles. The van der Waals surface area contributed by atoms with E-state index in [1.54, 1.807) is 0 Å². The monoisotopic (exact) mass is 675 g/mol. The number of pyridine rings is 2. The van der Waals surface area contributed by atoms with Crippen molar-refractivity contribution in [3.05, 3.63) is 164 Å². The maximum Gasteiger partial charge on any atom is 0.138 e. The standard InChI is InChI=1S/C48H29N5/c1-3-8-28(9-4-1)32-15-18-40-34(22-32)36-26-44-38(24-42(36)50-40)39-25-43-37(35-23-33(16-19-41(35)51-43)29-10-5-2-6-11-29)27-45(39)53(44)46-20-17-31-14-13-30-12-7-21-49-47(30)48(31)52-46/h1-27,50-51H. The van der Waals surface area contributed by atoms with Crippen LogP contribution in [0.2, 0.25) is 0 Å². The zero-order valence-electron chi connectivity index (χ0n) is 28.4. The molecule has 0 spiro atoms. The second kappa shape index (κ2) is 10.6. The van der Waals surface area contributed by atoms with Gasteiger partial charge in [0, 0.05) is 71.4 Å². The number of benzene rings is 7. The summed E-state index contributed by atoms with van der Waals surface area (Å²) in [6.45, 7) is 0. The summed E-state index contributed by atoms with van der Waals surface area (Å²) in [5.74, 6) is 0.865. The van der Waals surface area contributed by atoms with Crippen molar-refractivity contribution in [1.29, 1.82) is 0 Å². The Balaban J connectivity index is 1.18. The second-order valence-corrected chi connectivity index (χ2v) is 14.0. The van der Waals surface area contributed by atoms with Crippen molar-refractivity contribution in [3.63, 3.8) is 0 Å². The lowest BCUT2D eigenvalue weighted by atomic mass is 10.0. The molecule has 246 valence electrons. The van der Waals surface area contributed by atoms with Crippen molar-refractivity contribution in [3.8, 4) is 28.1 Å². The van der Waals surface area contributed by atoms with E-state index in [0.717, 1.165) is 60.7 Å². The number of rotatable bonds is 3. The van der Waals surface area contributed by atoms with Gasteiger partial charge in [-0.3, -0.25) is 9.55 Å². The molecule has 5 aromatic heterocycles. The zero-order chi connectivity index (χ0) is 34.6. The Labute approximate surface area is 302 Å². The van der Waals surface area contributed by atoms with Crippen LogP contribution in [0.4, 0.5) is 0 Å². The van der Waals surface area contributed by atoms with Gasteiger partial charge in [0.25, 0.3) is 0 Å². The van der Waals surface area contributed by atoms with E-state index in [0.29, 0.717) is 0 Å². The van der Waals surface area contributed by atoms with Crippen LogP contribution in [0.5, 0.6) is 0 Å². The van der Waals surface area contributed by atoms with Gasteiger partial charge in [0.1, 0.15) is 5.82 Å². The van der Waals surface area contributed by atoms with Gasteiger partial charge in [-0.05, 0) is 89.0 Å². The molecule has 12 rings (SSSR count). The van der Waals surface area contributed by atoms with Crippen LogP contribution in [0, 0.1) is 0 Å². The van der Waals surface area contributed by atoms with E-state index in [-0.39, 0.29) is 0 Å². The normalized spacial score (nSPS) is 12.2. The number of hydrogen-bond donors (Lipinski definition) is 2. The fourth-order valence-corrected chi connectivity index (χ4v) is 8.51. The van der Waals surface area contributed by atoms with Crippen LogP contribution in [0.1, 0.15) is 0 Å². The second-order valence-electron chi connectivity index (χ2n) is 14.0. The Morgan fingerprint density at radius 2 is 0.906 bits per heavy atom. The highest BCUT2D eigenvalue weighted by Gasteiger charge is 2.19. The lowest BCUT2D eigenvalue weighted by Gasteiger charge is -2.10. The van der Waals surface area contributed by atoms with E-state index in [1.165, 1.54) is 54.6 Å². The van der Waals surface area contributed by atoms with Crippen molar-refractivity contribution in [2.45, 2.75) is 0 Å². The predicted molar refractivity (Wildman–Crippen MR) is 221 cm³/mol. The zero-order valence-corrected chi connectivity index (χ0v) is 28.4. The summed E-state index contributed by atoms with van der Waals surface area (Å²) < 4.78 is 2.35. The van der Waals surface area contributed by atoms with Gasteiger partial charge in [-0.2, -0.15) is 0 Å². The third-order valence-corrected chi connectivity index (χ3v) is 11.1. The Kier molecular flexibility index (Phi) is 5.71. The number of nitrogens with zero attached hydrogens (tertiary/aromatic N) is 3. The third kappa shape index (κ3) is 4.19. The summed E-state index contributed by atoms with van der Waals surface area (Å²) >= 11 is 0. The summed E-state index contributed by atoms with van der Waals surface area (Å²) in [6, 6.07) is 56.7. The first-order chi connectivity index (χ1) is 26.2. The Bertz CT molecular complexity index is 3270. The average molecular weight is 676 g/mol. The van der Waals surface area contributed by atoms with Crippen LogP contribution in [0.25, 0.3) is 115 Å². The number of aromatic nitrogens is 5. The molecule has 0 fully saturated rings. The van der Waals surface area contributed by atoms with Gasteiger partial charge >= 0.3 is 0 Å². The Morgan fingerprint density at radius 1 is 0.377 bits per heavy atom. The predicted octanol–water partition coefficient (Wildman–Crippen LogP) is 12.5. The first-order valence-corrected chi connectivity index (χ1v) is 18.0. The van der Waals surface area contributed by atoms with Crippen molar-refractivity contribution in [1.82, 2.24) is 24.5 Å². The molecule has 0 unspecified atom stereocenters. The van der Waals surface area contributed by atoms with Crippen molar-refractivity contribution >= 4 is 87.2 Å². The highest BCUT2D eigenvalue weighted by Crippen LogP contribution is 2.41. The quantitative estimate of drug-likeness (QED) is 0.183. The molecule has 0 aliphatic heterocycles. The molecule has 0 atom stereocenters. The van der Waals surface area contributed by atoms with E-state index in [4.69, 9.17) is 9.97 Å². The van der Waals surface area contributed by atoms with Crippen molar-refractivity contribution in [2.75, 3.05) is 0 Å². The molecule has 7 aromatic carbocycles. The third-order valence-electron chi connectivity index (χ3n) is 11.1. The topological polar surface area (TPSA) is 62.3 Å². The molecule has 53 heavy (non-hydrogen) atoms. The molecule has 0 radical (unpaired) electrons. The van der Waals surface area contributed by atoms with Crippen LogP contribution < -0.4 is 0 Å². The largest absolute Gasteiger partial charge is 0.354 e. The summed E-state index contributed by atoms with van der Waals surface area (Å²) in [5.41, 5.74) is 13.3. The van der Waals surface area contributed by atoms with Gasteiger partial charge in [-0.1, -0.05) is 91.0 Å². The van der Waals surface area contributed by atoms with E-state index in [1.807, 2.05) is 12.3 Å². The molecule has 0 amide bonds. The number of H-pyrrole nitrogens is 2. The Hall–Kier alpha value is -7.24. The van der Waals surface area contributed by atoms with E-state index < -0.39 is 0 Å². The van der Waals surface area contributed by atoms with Gasteiger partial charge in [0.15, 0.2) is 0 Å². The highest BCUT2D eigenvalue weighted by atomic mass is 15.1. The van der Waals surface area contributed by atoms with Gasteiger partial charge in [-0.15, -0.1) is 0 Å². The lowest BCUT2D eigenvalue weighted by molar-refractivity contribution is 1.10. The summed E-state index contributed by atoms with van der Waals surface area (Å²) in [7, 11) is 0. The molecule has 0 bridgehead atoms. The maximum absolute atomic E-state index is 5.40. The van der Waals surface area contributed by atoms with E-state index in [2.05, 4.69) is 166 Å². The molecule has 2 N–H and O–H groups in total. The summed E-state index contributed by atoms with van der Waals surface area (Å²) in [4.78, 5) is 17.7. The van der Waals surface area contributed by atoms with Gasteiger partial charge in [0.05, 0.1) is 22.1 Å². The smallest absolute Gasteiger partial charge is 0.138 e. The molecule has 5 nitrogen and oxygen atoms in total. The summed E-state index contributed by atoms with van der Waals surface area (Å²) in [5, 5.41) is 9.27. The van der Waals surface area contributed by atoms with Crippen LogP contribution in [0.3, 0.4) is 0 Å². The van der Waals surface area contributed by atoms with Crippen LogP contribution in [0.15, 0.2) is 164 Å². The van der Waals surface area contributed by atoms with Crippen molar-refractivity contribution in [2.24, 2.45) is 0 Å². The van der Waals surface area contributed by atoms with Crippen LogP contribution in [-0.2, 0) is 0 Å². The average Bonchev–Trinajstić information content (AvgIpc) is 3.87. The molecular weight excluding hydrogens is 647 g/mol. The van der Waals surface area contributed by atoms with E-state index in [9.17, 15) is 0 Å². The maximum atomic E-state index is 5.40. The van der Waals surface area contributed by atoms with Crippen LogP contribution >= 0.6 is 0 Å². The number of nitrogens with one attached hydrogen (secondary N) is 2. The highest BCUT2D eigenvalue weighted by molar-refractivity contribution is 6.22. The Morgan fingerprint density at radius 3 is 1.49 bits per heavy atom. The van der Waals surface area contributed by atoms with Crippen LogP contribution in [-0.4, -0.2) is 24.5 Å². The minimum atomic E-state index is 0.865. The SMILES string of the molecule is c1ccc(-c2ccc3[nH]c4cc5c6cc7[nH]c8ccc(-c9ccccc9)cc8c7cc6n(-c6ccc7ccc8cccnc8c7n6)c5cc4c3c2)cc1. The fraction of sp³-hybridized carbons (Fsp3) is 0. The number of aromatic amines is 2. The van der Waals surface area contributed by atoms with Crippen molar-refractivity contribution < 1.29 is 0 Å². The minimum Gasteiger partial charge on any atom is -0.354 e. The molecule has 12 aromatic rings.